The molecule has 2 aromatic heterocycles. The molecule has 6 heteroatoms. The van der Waals surface area contributed by atoms with Gasteiger partial charge in [0.25, 0.3) is 0 Å². The highest BCUT2D eigenvalue weighted by molar-refractivity contribution is 6.15. The summed E-state index contributed by atoms with van der Waals surface area (Å²) in [6.45, 7) is 3.24. The van der Waals surface area contributed by atoms with Gasteiger partial charge in [0.1, 0.15) is 5.41 Å². The fraction of sp³-hybridized carbons (Fsp3) is 0.294. The van der Waals surface area contributed by atoms with Crippen molar-refractivity contribution in [1.29, 1.82) is 0 Å². The van der Waals surface area contributed by atoms with E-state index < -0.39 is 5.41 Å². The maximum Gasteiger partial charge on any atom is 0.241 e. The third-order valence-electron chi connectivity index (χ3n) is 3.75. The summed E-state index contributed by atoms with van der Waals surface area (Å²) >= 11 is 0. The Hall–Kier alpha value is -2.76. The van der Waals surface area contributed by atoms with Gasteiger partial charge in [0.05, 0.1) is 23.8 Å². The van der Waals surface area contributed by atoms with Crippen molar-refractivity contribution in [3.8, 4) is 0 Å². The minimum Gasteiger partial charge on any atom is -0.313 e. The zero-order valence-electron chi connectivity index (χ0n) is 13.7. The lowest BCUT2D eigenvalue weighted by atomic mass is 9.89. The molecule has 2 rings (SSSR count). The van der Waals surface area contributed by atoms with Crippen molar-refractivity contribution in [3.63, 3.8) is 0 Å². The molecule has 2 amide bonds. The number of rotatable bonds is 4. The fourth-order valence-electron chi connectivity index (χ4n) is 2.27. The van der Waals surface area contributed by atoms with E-state index in [1.54, 1.807) is 77.0 Å². The molecule has 6 nitrogen and oxygen atoms in total. The minimum absolute atomic E-state index is 0.300. The summed E-state index contributed by atoms with van der Waals surface area (Å²) in [5, 5.41) is 0. The molecule has 2 aromatic rings. The second-order valence-corrected chi connectivity index (χ2v) is 5.78. The first-order valence-electron chi connectivity index (χ1n) is 7.22. The maximum atomic E-state index is 12.8. The van der Waals surface area contributed by atoms with Crippen LogP contribution in [0, 0.1) is 5.41 Å². The minimum atomic E-state index is -1.21. The highest BCUT2D eigenvalue weighted by Crippen LogP contribution is 2.26. The van der Waals surface area contributed by atoms with Crippen molar-refractivity contribution in [3.05, 3.63) is 49.1 Å². The summed E-state index contributed by atoms with van der Waals surface area (Å²) in [4.78, 5) is 36.4. The van der Waals surface area contributed by atoms with E-state index in [1.165, 1.54) is 9.80 Å². The van der Waals surface area contributed by atoms with E-state index in [0.717, 1.165) is 0 Å². The predicted molar refractivity (Wildman–Crippen MR) is 89.1 cm³/mol. The van der Waals surface area contributed by atoms with Crippen molar-refractivity contribution in [2.24, 2.45) is 5.41 Å². The SMILES string of the molecule is CN(C(=O)C(C)(C)C(=O)N(C)c1cccnc1)c1cccnc1. The average molecular weight is 312 g/mol. The third-order valence-corrected chi connectivity index (χ3v) is 3.75. The summed E-state index contributed by atoms with van der Waals surface area (Å²) in [7, 11) is 3.27. The van der Waals surface area contributed by atoms with Gasteiger partial charge in [-0.3, -0.25) is 19.6 Å². The molecule has 23 heavy (non-hydrogen) atoms. The van der Waals surface area contributed by atoms with E-state index in [2.05, 4.69) is 9.97 Å². The average Bonchev–Trinajstić information content (AvgIpc) is 2.60. The van der Waals surface area contributed by atoms with Gasteiger partial charge in [-0.05, 0) is 38.1 Å². The Bertz CT molecular complexity index is 627. The molecule has 0 bridgehead atoms. The summed E-state index contributed by atoms with van der Waals surface area (Å²) in [5.74, 6) is -0.600. The van der Waals surface area contributed by atoms with Gasteiger partial charge < -0.3 is 9.80 Å². The molecule has 0 radical (unpaired) electrons. The first-order valence-corrected chi connectivity index (χ1v) is 7.22. The largest absolute Gasteiger partial charge is 0.313 e. The molecular formula is C17H20N4O2. The second kappa shape index (κ2) is 6.56. The number of anilines is 2. The highest BCUT2D eigenvalue weighted by atomic mass is 16.2. The van der Waals surface area contributed by atoms with Gasteiger partial charge in [0, 0.05) is 26.5 Å². The summed E-state index contributed by atoms with van der Waals surface area (Å²) in [6, 6.07) is 7.04. The zero-order chi connectivity index (χ0) is 17.0. The lowest BCUT2D eigenvalue weighted by Crippen LogP contribution is -2.49. The summed E-state index contributed by atoms with van der Waals surface area (Å²) in [5.41, 5.74) is 0.0691. The molecule has 0 fully saturated rings. The van der Waals surface area contributed by atoms with Crippen LogP contribution in [0.15, 0.2) is 49.1 Å². The molecule has 0 aliphatic carbocycles. The van der Waals surface area contributed by atoms with E-state index in [1.807, 2.05) is 0 Å². The highest BCUT2D eigenvalue weighted by Gasteiger charge is 2.40. The van der Waals surface area contributed by atoms with Crippen LogP contribution in [0.5, 0.6) is 0 Å². The number of carbonyl (C=O) groups is 2. The van der Waals surface area contributed by atoms with Crippen LogP contribution in [0.1, 0.15) is 13.8 Å². The van der Waals surface area contributed by atoms with Crippen LogP contribution in [-0.2, 0) is 9.59 Å². The molecular weight excluding hydrogens is 292 g/mol. The molecule has 0 aliphatic heterocycles. The van der Waals surface area contributed by atoms with Crippen LogP contribution in [0.3, 0.4) is 0 Å². The number of nitrogens with zero attached hydrogens (tertiary/aromatic N) is 4. The molecule has 0 unspecified atom stereocenters. The number of carbonyl (C=O) groups excluding carboxylic acids is 2. The summed E-state index contributed by atoms with van der Waals surface area (Å²) < 4.78 is 0. The molecule has 0 spiro atoms. The van der Waals surface area contributed by atoms with Crippen LogP contribution in [0.25, 0.3) is 0 Å². The fourth-order valence-corrected chi connectivity index (χ4v) is 2.27. The molecule has 0 aromatic carbocycles. The van der Waals surface area contributed by atoms with Gasteiger partial charge >= 0.3 is 0 Å². The van der Waals surface area contributed by atoms with Crippen molar-refractivity contribution < 1.29 is 9.59 Å². The van der Waals surface area contributed by atoms with E-state index in [9.17, 15) is 9.59 Å². The first kappa shape index (κ1) is 16.6. The standard InChI is InChI=1S/C17H20N4O2/c1-17(2,15(22)20(3)13-7-5-9-18-11-13)16(23)21(4)14-8-6-10-19-12-14/h5-12H,1-4H3. The van der Waals surface area contributed by atoms with Crippen molar-refractivity contribution in [2.45, 2.75) is 13.8 Å². The Balaban J connectivity index is 2.23. The predicted octanol–water partition coefficient (Wildman–Crippen LogP) is 2.13. The molecule has 2 heterocycles. The Morgan fingerprint density at radius 1 is 0.870 bits per heavy atom. The second-order valence-electron chi connectivity index (χ2n) is 5.78. The van der Waals surface area contributed by atoms with E-state index >= 15 is 0 Å². The van der Waals surface area contributed by atoms with Crippen LogP contribution in [0.4, 0.5) is 11.4 Å². The Kier molecular flexibility index (Phi) is 4.74. The van der Waals surface area contributed by atoms with Crippen molar-refractivity contribution >= 4 is 23.2 Å². The zero-order valence-corrected chi connectivity index (χ0v) is 13.7. The number of aromatic nitrogens is 2. The van der Waals surface area contributed by atoms with Gasteiger partial charge in [-0.2, -0.15) is 0 Å². The van der Waals surface area contributed by atoms with Crippen molar-refractivity contribution in [1.82, 2.24) is 9.97 Å². The lowest BCUT2D eigenvalue weighted by molar-refractivity contribution is -0.137. The molecule has 0 saturated carbocycles. The molecule has 120 valence electrons. The van der Waals surface area contributed by atoms with Gasteiger partial charge in [-0.1, -0.05) is 0 Å². The summed E-state index contributed by atoms with van der Waals surface area (Å²) in [6.07, 6.45) is 6.44. The van der Waals surface area contributed by atoms with Gasteiger partial charge in [-0.15, -0.1) is 0 Å². The maximum absolute atomic E-state index is 12.8. The van der Waals surface area contributed by atoms with Gasteiger partial charge in [-0.25, -0.2) is 0 Å². The Morgan fingerprint density at radius 3 is 1.57 bits per heavy atom. The monoisotopic (exact) mass is 312 g/mol. The quantitative estimate of drug-likeness (QED) is 0.811. The third kappa shape index (κ3) is 3.36. The van der Waals surface area contributed by atoms with Crippen LogP contribution >= 0.6 is 0 Å². The lowest BCUT2D eigenvalue weighted by Gasteiger charge is -2.31. The van der Waals surface area contributed by atoms with Crippen LogP contribution < -0.4 is 9.80 Å². The molecule has 0 saturated heterocycles. The van der Waals surface area contributed by atoms with E-state index in [0.29, 0.717) is 11.4 Å². The topological polar surface area (TPSA) is 66.4 Å². The first-order chi connectivity index (χ1) is 10.9. The Morgan fingerprint density at radius 2 is 1.26 bits per heavy atom. The molecule has 0 aliphatic rings. The molecule has 0 atom stereocenters. The number of pyridine rings is 2. The van der Waals surface area contributed by atoms with Crippen LogP contribution in [0.2, 0.25) is 0 Å². The number of amides is 2. The van der Waals surface area contributed by atoms with Crippen molar-refractivity contribution in [2.75, 3.05) is 23.9 Å². The van der Waals surface area contributed by atoms with E-state index in [-0.39, 0.29) is 11.8 Å². The number of hydrogen-bond acceptors (Lipinski definition) is 4. The number of hydrogen-bond donors (Lipinski definition) is 0. The smallest absolute Gasteiger partial charge is 0.241 e. The van der Waals surface area contributed by atoms with E-state index in [4.69, 9.17) is 0 Å². The normalized spacial score (nSPS) is 11.0. The van der Waals surface area contributed by atoms with Crippen LogP contribution in [-0.4, -0.2) is 35.9 Å². The van der Waals surface area contributed by atoms with Gasteiger partial charge in [0.15, 0.2) is 0 Å². The van der Waals surface area contributed by atoms with Gasteiger partial charge in [0.2, 0.25) is 11.8 Å². The Labute approximate surface area is 135 Å². The molecule has 0 N–H and O–H groups in total.